The summed E-state index contributed by atoms with van der Waals surface area (Å²) in [6, 6.07) is 4.68. The molecule has 0 radical (unpaired) electrons. The molecule has 1 aliphatic carbocycles. The molecule has 0 atom stereocenters. The van der Waals surface area contributed by atoms with Crippen molar-refractivity contribution in [2.75, 3.05) is 0 Å². The van der Waals surface area contributed by atoms with Gasteiger partial charge in [-0.15, -0.1) is 0 Å². The molecule has 4 amide bonds. The zero-order valence-corrected chi connectivity index (χ0v) is 11.7. The van der Waals surface area contributed by atoms with E-state index in [1.54, 1.807) is 24.4 Å². The highest BCUT2D eigenvalue weighted by Gasteiger charge is 2.53. The number of rotatable bonds is 2. The van der Waals surface area contributed by atoms with Crippen LogP contribution >= 0.6 is 0 Å². The van der Waals surface area contributed by atoms with Crippen LogP contribution in [-0.4, -0.2) is 27.7 Å². The van der Waals surface area contributed by atoms with Crippen LogP contribution in [0.15, 0.2) is 24.4 Å². The van der Waals surface area contributed by atoms with Crippen molar-refractivity contribution < 1.29 is 14.4 Å². The van der Waals surface area contributed by atoms with Gasteiger partial charge in [-0.05, 0) is 25.0 Å². The molecule has 1 spiro atoms. The molecule has 1 aromatic heterocycles. The first kappa shape index (κ1) is 13.7. The molecule has 1 N–H and O–H groups in total. The number of carbonyl (C=O) groups excluding carboxylic acids is 3. The second-order valence-electron chi connectivity index (χ2n) is 5.61. The Balaban J connectivity index is 1.88. The van der Waals surface area contributed by atoms with Crippen LogP contribution in [0.1, 0.15) is 37.8 Å². The van der Waals surface area contributed by atoms with Crippen molar-refractivity contribution in [2.24, 2.45) is 5.41 Å². The summed E-state index contributed by atoms with van der Waals surface area (Å²) in [6.07, 6.45) is 5.35. The van der Waals surface area contributed by atoms with E-state index in [1.165, 1.54) is 0 Å². The lowest BCUT2D eigenvalue weighted by atomic mass is 9.71. The lowest BCUT2D eigenvalue weighted by Crippen LogP contribution is -2.64. The highest BCUT2D eigenvalue weighted by atomic mass is 16.2. The van der Waals surface area contributed by atoms with Gasteiger partial charge in [-0.25, -0.2) is 4.79 Å². The Labute approximate surface area is 122 Å². The number of barbiturate groups is 1. The lowest BCUT2D eigenvalue weighted by Gasteiger charge is -2.41. The first-order valence-electron chi connectivity index (χ1n) is 7.21. The maximum Gasteiger partial charge on any atom is 0.331 e. The maximum atomic E-state index is 12.7. The normalized spacial score (nSPS) is 21.5. The van der Waals surface area contributed by atoms with E-state index in [4.69, 9.17) is 0 Å². The summed E-state index contributed by atoms with van der Waals surface area (Å²) >= 11 is 0. The number of imide groups is 2. The van der Waals surface area contributed by atoms with Crippen LogP contribution < -0.4 is 5.32 Å². The summed E-state index contributed by atoms with van der Waals surface area (Å²) in [5.74, 6) is -0.809. The van der Waals surface area contributed by atoms with E-state index in [0.29, 0.717) is 18.5 Å². The van der Waals surface area contributed by atoms with Crippen LogP contribution in [0.3, 0.4) is 0 Å². The largest absolute Gasteiger partial charge is 0.331 e. The summed E-state index contributed by atoms with van der Waals surface area (Å²) in [6.45, 7) is 0.0978. The quantitative estimate of drug-likeness (QED) is 0.838. The Morgan fingerprint density at radius 2 is 1.90 bits per heavy atom. The minimum absolute atomic E-state index is 0.0978. The number of amides is 4. The van der Waals surface area contributed by atoms with E-state index in [0.717, 1.165) is 24.2 Å². The van der Waals surface area contributed by atoms with Gasteiger partial charge in [0.05, 0.1) is 12.2 Å². The van der Waals surface area contributed by atoms with E-state index in [-0.39, 0.29) is 12.5 Å². The summed E-state index contributed by atoms with van der Waals surface area (Å²) in [5, 5.41) is 2.34. The second kappa shape index (κ2) is 5.27. The van der Waals surface area contributed by atoms with E-state index < -0.39 is 17.4 Å². The van der Waals surface area contributed by atoms with Gasteiger partial charge in [0.1, 0.15) is 5.41 Å². The van der Waals surface area contributed by atoms with Gasteiger partial charge < -0.3 is 0 Å². The average molecular weight is 287 g/mol. The van der Waals surface area contributed by atoms with Crippen LogP contribution in [0.2, 0.25) is 0 Å². The molecule has 0 bridgehead atoms. The lowest BCUT2D eigenvalue weighted by molar-refractivity contribution is -0.154. The minimum atomic E-state index is -1.05. The van der Waals surface area contributed by atoms with Crippen molar-refractivity contribution in [2.45, 2.75) is 38.6 Å². The molecular formula is C15H17N3O3. The molecule has 2 aliphatic rings. The molecule has 0 unspecified atom stereocenters. The fraction of sp³-hybridized carbons (Fsp3) is 0.467. The highest BCUT2D eigenvalue weighted by molar-refractivity contribution is 6.19. The summed E-state index contributed by atoms with van der Waals surface area (Å²) in [4.78, 5) is 42.2. The van der Waals surface area contributed by atoms with Gasteiger partial charge in [0.25, 0.3) is 0 Å². The predicted octanol–water partition coefficient (Wildman–Crippen LogP) is 1.61. The molecule has 1 saturated heterocycles. The molecule has 110 valence electrons. The zero-order valence-electron chi connectivity index (χ0n) is 11.7. The van der Waals surface area contributed by atoms with Crippen LogP contribution in [0.25, 0.3) is 0 Å². The number of nitrogens with one attached hydrogen (secondary N) is 1. The predicted molar refractivity (Wildman–Crippen MR) is 73.8 cm³/mol. The SMILES string of the molecule is O=C1NC(=O)C2(CCCCC2)C(=O)N1Cc1ccccn1. The van der Waals surface area contributed by atoms with Gasteiger partial charge in [0.15, 0.2) is 0 Å². The van der Waals surface area contributed by atoms with Crippen LogP contribution in [-0.2, 0) is 16.1 Å². The zero-order chi connectivity index (χ0) is 14.9. The van der Waals surface area contributed by atoms with Crippen molar-refractivity contribution in [1.29, 1.82) is 0 Å². The number of nitrogens with zero attached hydrogens (tertiary/aromatic N) is 2. The number of hydrogen-bond acceptors (Lipinski definition) is 4. The Hall–Kier alpha value is -2.24. The highest BCUT2D eigenvalue weighted by Crippen LogP contribution is 2.40. The number of carbonyl (C=O) groups is 3. The molecule has 6 nitrogen and oxygen atoms in total. The van der Waals surface area contributed by atoms with E-state index in [2.05, 4.69) is 10.3 Å². The molecule has 1 saturated carbocycles. The smallest absolute Gasteiger partial charge is 0.277 e. The summed E-state index contributed by atoms with van der Waals surface area (Å²) in [5.41, 5.74) is -0.428. The molecule has 3 rings (SSSR count). The number of aromatic nitrogens is 1. The molecule has 6 heteroatoms. The van der Waals surface area contributed by atoms with Gasteiger partial charge >= 0.3 is 6.03 Å². The molecule has 1 aromatic rings. The van der Waals surface area contributed by atoms with E-state index >= 15 is 0 Å². The van der Waals surface area contributed by atoms with E-state index in [1.807, 2.05) is 0 Å². The number of pyridine rings is 1. The van der Waals surface area contributed by atoms with Crippen molar-refractivity contribution in [1.82, 2.24) is 15.2 Å². The number of urea groups is 1. The molecule has 21 heavy (non-hydrogen) atoms. The summed E-state index contributed by atoms with van der Waals surface area (Å²) in [7, 11) is 0. The molecular weight excluding hydrogens is 270 g/mol. The number of hydrogen-bond donors (Lipinski definition) is 1. The van der Waals surface area contributed by atoms with Crippen LogP contribution in [0.5, 0.6) is 0 Å². The van der Waals surface area contributed by atoms with Gasteiger partial charge in [0.2, 0.25) is 11.8 Å². The first-order chi connectivity index (χ1) is 10.1. The average Bonchev–Trinajstić information content (AvgIpc) is 2.52. The Morgan fingerprint density at radius 1 is 1.14 bits per heavy atom. The monoisotopic (exact) mass is 287 g/mol. The van der Waals surface area contributed by atoms with Crippen molar-refractivity contribution >= 4 is 17.8 Å². The Bertz CT molecular complexity index is 579. The topological polar surface area (TPSA) is 79.4 Å². The summed E-state index contributed by atoms with van der Waals surface area (Å²) < 4.78 is 0. The minimum Gasteiger partial charge on any atom is -0.277 e. The standard InChI is InChI=1S/C15H17N3O3/c19-12-15(7-3-1-4-8-15)13(20)18(14(21)17-12)10-11-6-2-5-9-16-11/h2,5-6,9H,1,3-4,7-8,10H2,(H,17,19,21). The third-order valence-corrected chi connectivity index (χ3v) is 4.31. The third-order valence-electron chi connectivity index (χ3n) is 4.31. The molecule has 2 heterocycles. The first-order valence-corrected chi connectivity index (χ1v) is 7.21. The molecule has 2 fully saturated rings. The maximum absolute atomic E-state index is 12.7. The van der Waals surface area contributed by atoms with Crippen LogP contribution in [0, 0.1) is 5.41 Å². The Morgan fingerprint density at radius 3 is 2.57 bits per heavy atom. The van der Waals surface area contributed by atoms with Gasteiger partial charge in [0, 0.05) is 6.20 Å². The molecule has 0 aromatic carbocycles. The Kier molecular flexibility index (Phi) is 3.45. The van der Waals surface area contributed by atoms with Gasteiger partial charge in [-0.2, -0.15) is 0 Å². The fourth-order valence-corrected chi connectivity index (χ4v) is 3.13. The van der Waals surface area contributed by atoms with Gasteiger partial charge in [-0.3, -0.25) is 24.8 Å². The van der Waals surface area contributed by atoms with Crippen molar-refractivity contribution in [3.8, 4) is 0 Å². The van der Waals surface area contributed by atoms with E-state index in [9.17, 15) is 14.4 Å². The van der Waals surface area contributed by atoms with Gasteiger partial charge in [-0.1, -0.05) is 25.3 Å². The third kappa shape index (κ3) is 2.30. The van der Waals surface area contributed by atoms with Crippen molar-refractivity contribution in [3.05, 3.63) is 30.1 Å². The van der Waals surface area contributed by atoms with Crippen molar-refractivity contribution in [3.63, 3.8) is 0 Å². The second-order valence-corrected chi connectivity index (χ2v) is 5.61. The molecule has 1 aliphatic heterocycles. The van der Waals surface area contributed by atoms with Crippen LogP contribution in [0.4, 0.5) is 4.79 Å². The fourth-order valence-electron chi connectivity index (χ4n) is 3.13.